The van der Waals surface area contributed by atoms with E-state index < -0.39 is 11.6 Å². The molecular formula is C22H23Cl2F2N5O2. The number of hydrogen-bond acceptors (Lipinski definition) is 6. The van der Waals surface area contributed by atoms with Crippen molar-refractivity contribution in [1.82, 2.24) is 15.2 Å². The summed E-state index contributed by atoms with van der Waals surface area (Å²) in [5.74, 6) is -1.04. The summed E-state index contributed by atoms with van der Waals surface area (Å²) in [5, 5.41) is 18.5. The number of aromatic hydroxyl groups is 1. The predicted octanol–water partition coefficient (Wildman–Crippen LogP) is 3.76. The van der Waals surface area contributed by atoms with Crippen molar-refractivity contribution in [2.45, 2.75) is 0 Å². The van der Waals surface area contributed by atoms with Gasteiger partial charge in [-0.2, -0.15) is 0 Å². The van der Waals surface area contributed by atoms with Crippen LogP contribution in [0.15, 0.2) is 46.5 Å². The van der Waals surface area contributed by atoms with Crippen LogP contribution in [0, 0.1) is 11.6 Å². The van der Waals surface area contributed by atoms with Crippen LogP contribution in [0.4, 0.5) is 14.5 Å². The third-order valence-corrected chi connectivity index (χ3v) is 5.51. The average Bonchev–Trinajstić information content (AvgIpc) is 3.27. The molecule has 0 bridgehead atoms. The van der Waals surface area contributed by atoms with Crippen molar-refractivity contribution in [3.63, 3.8) is 0 Å². The van der Waals surface area contributed by atoms with Gasteiger partial charge in [-0.05, 0) is 36.4 Å². The number of halogens is 4. The number of fused-ring (bicyclic) bond motifs is 2. The summed E-state index contributed by atoms with van der Waals surface area (Å²) in [7, 11) is 0. The van der Waals surface area contributed by atoms with Gasteiger partial charge in [0.1, 0.15) is 29.7 Å². The van der Waals surface area contributed by atoms with Gasteiger partial charge in [0.05, 0.1) is 11.3 Å². The molecule has 0 unspecified atom stereocenters. The Bertz CT molecular complexity index is 1210. The Balaban J connectivity index is 0.00000153. The Labute approximate surface area is 201 Å². The summed E-state index contributed by atoms with van der Waals surface area (Å²) in [4.78, 5) is 15.2. The van der Waals surface area contributed by atoms with Gasteiger partial charge in [0.25, 0.3) is 0 Å². The molecule has 0 amide bonds. The first-order valence-electron chi connectivity index (χ1n) is 10.1. The number of H-pyrrole nitrogens is 1. The van der Waals surface area contributed by atoms with Crippen LogP contribution in [-0.2, 0) is 4.84 Å². The maximum Gasteiger partial charge on any atom is 0.199 e. The molecule has 1 aromatic heterocycles. The molecule has 2 aliphatic rings. The van der Waals surface area contributed by atoms with Gasteiger partial charge in [-0.3, -0.25) is 4.90 Å². The molecular weight excluding hydrogens is 475 g/mol. The van der Waals surface area contributed by atoms with E-state index in [4.69, 9.17) is 4.84 Å². The molecule has 3 N–H and O–H groups in total. The lowest BCUT2D eigenvalue weighted by molar-refractivity contribution is 0.106. The number of aromatic amines is 1. The van der Waals surface area contributed by atoms with Crippen molar-refractivity contribution >= 4 is 52.8 Å². The second-order valence-electron chi connectivity index (χ2n) is 7.53. The van der Waals surface area contributed by atoms with Crippen molar-refractivity contribution in [2.75, 3.05) is 39.3 Å². The first kappa shape index (κ1) is 24.9. The quantitative estimate of drug-likeness (QED) is 0.370. The van der Waals surface area contributed by atoms with E-state index in [2.05, 4.69) is 25.3 Å². The molecule has 1 fully saturated rings. The standard InChI is InChI=1S/C22H21F2N5O2.2ClH/c23-13-1-3-17-15(11-13)19(22(30)27-17)21-20(16-12-14(24)2-4-18(16)26-21)28-31-10-9-29-7-5-25-6-8-29;;/h1-4,11-12,25,27,30H,5-10H2;2*1H/b28-20+;;. The highest BCUT2D eigenvalue weighted by Gasteiger charge is 2.30. The zero-order valence-electron chi connectivity index (χ0n) is 17.5. The number of nitrogens with zero attached hydrogens (tertiary/aromatic N) is 3. The lowest BCUT2D eigenvalue weighted by atomic mass is 10.0. The summed E-state index contributed by atoms with van der Waals surface area (Å²) < 4.78 is 27.9. The normalized spacial score (nSPS) is 16.8. The topological polar surface area (TPSA) is 85.2 Å². The molecule has 7 nitrogen and oxygen atoms in total. The number of rotatable bonds is 5. The molecule has 3 aromatic rings. The maximum atomic E-state index is 14.0. The van der Waals surface area contributed by atoms with E-state index in [0.29, 0.717) is 52.3 Å². The van der Waals surface area contributed by atoms with E-state index in [9.17, 15) is 13.9 Å². The van der Waals surface area contributed by atoms with Crippen molar-refractivity contribution in [1.29, 1.82) is 0 Å². The molecule has 2 aliphatic heterocycles. The number of nitrogens with one attached hydrogen (secondary N) is 2. The molecule has 2 aromatic carbocycles. The highest BCUT2D eigenvalue weighted by Crippen LogP contribution is 2.36. The second kappa shape index (κ2) is 10.5. The van der Waals surface area contributed by atoms with E-state index in [1.54, 1.807) is 6.07 Å². The van der Waals surface area contributed by atoms with Crippen molar-refractivity contribution in [3.05, 3.63) is 59.2 Å². The monoisotopic (exact) mass is 497 g/mol. The summed E-state index contributed by atoms with van der Waals surface area (Å²) in [6.45, 7) is 4.83. The average molecular weight is 498 g/mol. The van der Waals surface area contributed by atoms with E-state index in [1.165, 1.54) is 30.3 Å². The van der Waals surface area contributed by atoms with Gasteiger partial charge in [-0.15, -0.1) is 24.8 Å². The van der Waals surface area contributed by atoms with Crippen molar-refractivity contribution in [2.24, 2.45) is 10.1 Å². The van der Waals surface area contributed by atoms with Crippen LogP contribution < -0.4 is 5.32 Å². The molecule has 0 spiro atoms. The molecule has 11 heteroatoms. The Hall–Kier alpha value is -2.72. The van der Waals surface area contributed by atoms with Gasteiger partial charge in [0, 0.05) is 49.2 Å². The number of hydrogen-bond donors (Lipinski definition) is 3. The largest absolute Gasteiger partial charge is 0.494 e. The van der Waals surface area contributed by atoms with Crippen LogP contribution in [-0.4, -0.2) is 65.7 Å². The fourth-order valence-corrected chi connectivity index (χ4v) is 3.97. The Morgan fingerprint density at radius 3 is 2.58 bits per heavy atom. The molecule has 5 rings (SSSR count). The minimum Gasteiger partial charge on any atom is -0.494 e. The smallest absolute Gasteiger partial charge is 0.199 e. The molecule has 176 valence electrons. The molecule has 0 radical (unpaired) electrons. The SMILES string of the molecule is Cl.Cl.Oc1[nH]c2ccc(F)cc2c1C1=Nc2ccc(F)cc2/C1=N\OCCN1CCNCC1. The minimum absolute atomic E-state index is 0. The first-order chi connectivity index (χ1) is 15.1. The van der Waals surface area contributed by atoms with Crippen LogP contribution in [0.1, 0.15) is 11.1 Å². The number of oxime groups is 1. The van der Waals surface area contributed by atoms with Crippen LogP contribution >= 0.6 is 24.8 Å². The maximum absolute atomic E-state index is 14.0. The van der Waals surface area contributed by atoms with Crippen molar-refractivity contribution < 1.29 is 18.7 Å². The third-order valence-electron chi connectivity index (χ3n) is 5.51. The summed E-state index contributed by atoms with van der Waals surface area (Å²) in [6, 6.07) is 8.34. The molecule has 0 saturated carbocycles. The Morgan fingerprint density at radius 2 is 1.79 bits per heavy atom. The number of aliphatic imine (C=N–C) groups is 1. The second-order valence-corrected chi connectivity index (χ2v) is 7.53. The van der Waals surface area contributed by atoms with Gasteiger partial charge in [0.15, 0.2) is 5.88 Å². The van der Waals surface area contributed by atoms with E-state index in [0.717, 1.165) is 26.2 Å². The third kappa shape index (κ3) is 4.96. The summed E-state index contributed by atoms with van der Waals surface area (Å²) in [6.07, 6.45) is 0. The van der Waals surface area contributed by atoms with Gasteiger partial charge < -0.3 is 20.2 Å². The highest BCUT2D eigenvalue weighted by atomic mass is 35.5. The molecule has 1 saturated heterocycles. The molecule has 0 aliphatic carbocycles. The van der Waals surface area contributed by atoms with Crippen LogP contribution in [0.5, 0.6) is 5.88 Å². The predicted molar refractivity (Wildman–Crippen MR) is 129 cm³/mol. The molecule has 3 heterocycles. The molecule has 33 heavy (non-hydrogen) atoms. The van der Waals surface area contributed by atoms with Gasteiger partial charge in [0.2, 0.25) is 0 Å². The number of benzene rings is 2. The summed E-state index contributed by atoms with van der Waals surface area (Å²) >= 11 is 0. The van der Waals surface area contributed by atoms with E-state index in [1.807, 2.05) is 0 Å². The Kier molecular flexibility index (Phi) is 7.91. The molecule has 0 atom stereocenters. The fourth-order valence-electron chi connectivity index (χ4n) is 3.97. The number of aromatic nitrogens is 1. The lowest BCUT2D eigenvalue weighted by Gasteiger charge is -2.26. The van der Waals surface area contributed by atoms with Gasteiger partial charge >= 0.3 is 0 Å². The lowest BCUT2D eigenvalue weighted by Crippen LogP contribution is -2.44. The number of piperazine rings is 1. The van der Waals surface area contributed by atoms with Crippen LogP contribution in [0.2, 0.25) is 0 Å². The zero-order valence-corrected chi connectivity index (χ0v) is 19.1. The fraction of sp³-hybridized carbons (Fsp3) is 0.273. The highest BCUT2D eigenvalue weighted by molar-refractivity contribution is 6.58. The van der Waals surface area contributed by atoms with Crippen LogP contribution in [0.3, 0.4) is 0 Å². The van der Waals surface area contributed by atoms with Crippen molar-refractivity contribution in [3.8, 4) is 5.88 Å². The van der Waals surface area contributed by atoms with Crippen LogP contribution in [0.25, 0.3) is 10.9 Å². The zero-order chi connectivity index (χ0) is 21.4. The van der Waals surface area contributed by atoms with Gasteiger partial charge in [-0.1, -0.05) is 5.16 Å². The minimum atomic E-state index is -0.444. The van der Waals surface area contributed by atoms with E-state index >= 15 is 0 Å². The Morgan fingerprint density at radius 1 is 1.06 bits per heavy atom. The first-order valence-corrected chi connectivity index (χ1v) is 10.1. The summed E-state index contributed by atoms with van der Waals surface area (Å²) in [5.41, 5.74) is 2.43. The van der Waals surface area contributed by atoms with E-state index in [-0.39, 0.29) is 30.7 Å². The van der Waals surface area contributed by atoms with Gasteiger partial charge in [-0.25, -0.2) is 13.8 Å².